The fraction of sp³-hybridized carbons (Fsp3) is 0.393. The van der Waals surface area contributed by atoms with E-state index in [2.05, 4.69) is 15.2 Å². The quantitative estimate of drug-likeness (QED) is 0.337. The van der Waals surface area contributed by atoms with Crippen LogP contribution in [0, 0.1) is 13.8 Å². The number of methoxy groups -OCH3 is 1. The minimum absolute atomic E-state index is 0.0940. The van der Waals surface area contributed by atoms with Gasteiger partial charge in [0.2, 0.25) is 0 Å². The van der Waals surface area contributed by atoms with Crippen LogP contribution in [0.3, 0.4) is 0 Å². The molecule has 10 heteroatoms. The third kappa shape index (κ3) is 5.31. The molecule has 0 N–H and O–H groups in total. The second-order valence-electron chi connectivity index (χ2n) is 10.6. The maximum atomic E-state index is 12.2. The van der Waals surface area contributed by atoms with Gasteiger partial charge in [0.05, 0.1) is 29.0 Å². The lowest BCUT2D eigenvalue weighted by molar-refractivity contribution is 0.00780. The zero-order valence-corrected chi connectivity index (χ0v) is 22.6. The Morgan fingerprint density at radius 1 is 1.05 bits per heavy atom. The lowest BCUT2D eigenvalue weighted by atomic mass is 9.96. The zero-order valence-electron chi connectivity index (χ0n) is 22.6. The molecule has 1 amide bonds. The molecule has 1 saturated heterocycles. The highest BCUT2D eigenvalue weighted by atomic mass is 16.7. The number of carbonyl (C=O) groups excluding carboxylic acids is 1. The summed E-state index contributed by atoms with van der Waals surface area (Å²) in [6.45, 7) is 10.8. The third-order valence-corrected chi connectivity index (χ3v) is 6.25. The van der Waals surface area contributed by atoms with Crippen molar-refractivity contribution >= 4 is 11.7 Å². The normalized spacial score (nSPS) is 14.0. The van der Waals surface area contributed by atoms with Crippen LogP contribution in [0.15, 0.2) is 42.6 Å². The van der Waals surface area contributed by atoms with Gasteiger partial charge in [0.1, 0.15) is 11.4 Å². The number of nitrogens with zero attached hydrogens (tertiary/aromatic N) is 6. The van der Waals surface area contributed by atoms with Crippen molar-refractivity contribution in [3.8, 4) is 28.3 Å². The number of hydrogen-bond donors (Lipinski definition) is 0. The summed E-state index contributed by atoms with van der Waals surface area (Å²) in [5, 5.41) is 13.7. The minimum atomic E-state index is -0.512. The second-order valence-corrected chi connectivity index (χ2v) is 10.6. The number of rotatable bonds is 6. The van der Waals surface area contributed by atoms with Gasteiger partial charge in [-0.3, -0.25) is 0 Å². The molecule has 0 radical (unpaired) electrons. The number of imidazole rings is 1. The number of aromatic nitrogens is 5. The van der Waals surface area contributed by atoms with Crippen LogP contribution >= 0.6 is 0 Å². The number of ether oxygens (including phenoxy) is 3. The highest BCUT2D eigenvalue weighted by Gasteiger charge is 2.35. The van der Waals surface area contributed by atoms with E-state index in [4.69, 9.17) is 19.3 Å². The largest absolute Gasteiger partial charge is 0.467 e. The molecule has 4 aromatic rings. The summed E-state index contributed by atoms with van der Waals surface area (Å²) >= 11 is 0. The van der Waals surface area contributed by atoms with Crippen LogP contribution in [0.5, 0.6) is 5.75 Å². The van der Waals surface area contributed by atoms with Gasteiger partial charge in [0.25, 0.3) is 0 Å². The van der Waals surface area contributed by atoms with E-state index in [0.29, 0.717) is 24.5 Å². The zero-order chi connectivity index (χ0) is 27.0. The second kappa shape index (κ2) is 10.0. The topological polar surface area (TPSA) is 104 Å². The maximum absolute atomic E-state index is 12.2. The van der Waals surface area contributed by atoms with Crippen LogP contribution in [0.4, 0.5) is 4.79 Å². The third-order valence-electron chi connectivity index (χ3n) is 6.25. The summed E-state index contributed by atoms with van der Waals surface area (Å²) in [4.78, 5) is 18.4. The Morgan fingerprint density at radius 2 is 1.84 bits per heavy atom. The van der Waals surface area contributed by atoms with E-state index in [0.717, 1.165) is 39.4 Å². The first-order chi connectivity index (χ1) is 18.1. The number of benzene rings is 1. The van der Waals surface area contributed by atoms with E-state index in [1.54, 1.807) is 16.5 Å². The highest BCUT2D eigenvalue weighted by Crippen LogP contribution is 2.34. The standard InChI is InChI=1S/C28H32N6O4/c1-17-11-24(32-34-13-18(2)29-26(17)34)19-7-8-21(25(12-19)37-16-36-6)23-10-9-22(30-31-23)20-14-33(15-20)27(35)38-28(3,4)5/h7-13,20H,14-16H2,1-6H3. The predicted molar refractivity (Wildman–Crippen MR) is 142 cm³/mol. The van der Waals surface area contributed by atoms with Gasteiger partial charge in [0, 0.05) is 37.2 Å². The minimum Gasteiger partial charge on any atom is -0.467 e. The van der Waals surface area contributed by atoms with E-state index < -0.39 is 5.60 Å². The molecule has 38 heavy (non-hydrogen) atoms. The van der Waals surface area contributed by atoms with Crippen LogP contribution in [0.1, 0.15) is 43.6 Å². The number of fused-ring (bicyclic) bond motifs is 1. The molecule has 1 aromatic carbocycles. The molecular formula is C28H32N6O4. The lowest BCUT2D eigenvalue weighted by Gasteiger charge is -2.39. The highest BCUT2D eigenvalue weighted by molar-refractivity contribution is 5.74. The molecule has 5 rings (SSSR count). The molecule has 0 atom stereocenters. The molecule has 0 aliphatic carbocycles. The van der Waals surface area contributed by atoms with Crippen LogP contribution in [0.25, 0.3) is 28.2 Å². The fourth-order valence-corrected chi connectivity index (χ4v) is 4.37. The molecule has 0 saturated carbocycles. The average molecular weight is 517 g/mol. The SMILES string of the molecule is COCOc1cc(-c2cc(C)c3nc(C)cn3n2)ccc1-c1ccc(C2CN(C(=O)OC(C)(C)C)C2)nn1. The Morgan fingerprint density at radius 3 is 2.53 bits per heavy atom. The number of carbonyl (C=O) groups is 1. The van der Waals surface area contributed by atoms with E-state index >= 15 is 0 Å². The fourth-order valence-electron chi connectivity index (χ4n) is 4.37. The molecule has 198 valence electrons. The molecule has 1 fully saturated rings. The lowest BCUT2D eigenvalue weighted by Crippen LogP contribution is -2.50. The van der Waals surface area contributed by atoms with Gasteiger partial charge in [-0.05, 0) is 70.5 Å². The molecule has 10 nitrogen and oxygen atoms in total. The van der Waals surface area contributed by atoms with E-state index in [1.165, 1.54) is 0 Å². The first kappa shape index (κ1) is 25.6. The Hall–Kier alpha value is -4.05. The molecule has 0 unspecified atom stereocenters. The first-order valence-corrected chi connectivity index (χ1v) is 12.5. The van der Waals surface area contributed by atoms with Crippen LogP contribution in [-0.4, -0.2) is 68.4 Å². The molecule has 0 bridgehead atoms. The number of aryl methyl sites for hydroxylation is 2. The van der Waals surface area contributed by atoms with E-state index in [-0.39, 0.29) is 18.8 Å². The molecular weight excluding hydrogens is 484 g/mol. The van der Waals surface area contributed by atoms with Gasteiger partial charge in [-0.25, -0.2) is 14.3 Å². The Bertz CT molecular complexity index is 1470. The van der Waals surface area contributed by atoms with Crippen molar-refractivity contribution in [3.05, 3.63) is 59.5 Å². The number of likely N-dealkylation sites (tertiary alicyclic amines) is 1. The summed E-state index contributed by atoms with van der Waals surface area (Å²) in [5.41, 5.74) is 6.31. The summed E-state index contributed by atoms with van der Waals surface area (Å²) in [6.07, 6.45) is 1.61. The number of hydrogen-bond acceptors (Lipinski definition) is 8. The van der Waals surface area contributed by atoms with Gasteiger partial charge in [-0.15, -0.1) is 0 Å². The Kier molecular flexibility index (Phi) is 6.75. The van der Waals surface area contributed by atoms with Crippen LogP contribution < -0.4 is 4.74 Å². The van der Waals surface area contributed by atoms with Gasteiger partial charge >= 0.3 is 6.09 Å². The van der Waals surface area contributed by atoms with Gasteiger partial charge in [-0.1, -0.05) is 6.07 Å². The molecule has 1 aliphatic heterocycles. The summed E-state index contributed by atoms with van der Waals surface area (Å²) < 4.78 is 18.3. The van der Waals surface area contributed by atoms with Crippen molar-refractivity contribution in [1.82, 2.24) is 29.7 Å². The smallest absolute Gasteiger partial charge is 0.410 e. The van der Waals surface area contributed by atoms with Crippen LogP contribution in [0.2, 0.25) is 0 Å². The molecule has 3 aromatic heterocycles. The Labute approximate surface area is 221 Å². The van der Waals surface area contributed by atoms with Crippen molar-refractivity contribution in [2.45, 2.75) is 46.1 Å². The maximum Gasteiger partial charge on any atom is 0.410 e. The molecule has 0 spiro atoms. The summed E-state index contributed by atoms with van der Waals surface area (Å²) in [7, 11) is 1.58. The average Bonchev–Trinajstić information content (AvgIpc) is 3.22. The monoisotopic (exact) mass is 516 g/mol. The number of amides is 1. The van der Waals surface area contributed by atoms with Gasteiger partial charge in [0.15, 0.2) is 12.4 Å². The Balaban J connectivity index is 1.36. The summed E-state index contributed by atoms with van der Waals surface area (Å²) in [6, 6.07) is 11.8. The van der Waals surface area contributed by atoms with E-state index in [1.807, 2.05) is 77.2 Å². The van der Waals surface area contributed by atoms with Crippen LogP contribution in [-0.2, 0) is 9.47 Å². The molecule has 4 heterocycles. The predicted octanol–water partition coefficient (Wildman–Crippen LogP) is 4.79. The van der Waals surface area contributed by atoms with Crippen molar-refractivity contribution in [1.29, 1.82) is 0 Å². The van der Waals surface area contributed by atoms with Crippen molar-refractivity contribution < 1.29 is 19.0 Å². The van der Waals surface area contributed by atoms with Gasteiger partial charge < -0.3 is 19.1 Å². The van der Waals surface area contributed by atoms with Crippen molar-refractivity contribution in [2.24, 2.45) is 0 Å². The first-order valence-electron chi connectivity index (χ1n) is 12.5. The summed E-state index contributed by atoms with van der Waals surface area (Å²) in [5.74, 6) is 0.749. The van der Waals surface area contributed by atoms with Crippen molar-refractivity contribution in [2.75, 3.05) is 27.0 Å². The van der Waals surface area contributed by atoms with E-state index in [9.17, 15) is 4.79 Å². The van der Waals surface area contributed by atoms with Gasteiger partial charge in [-0.2, -0.15) is 15.3 Å². The van der Waals surface area contributed by atoms with Crippen molar-refractivity contribution in [3.63, 3.8) is 0 Å². The molecule has 1 aliphatic rings.